The molecule has 0 N–H and O–H groups in total. The van der Waals surface area contributed by atoms with E-state index in [1.165, 1.54) is 0 Å². The molecule has 1 aliphatic rings. The van der Waals surface area contributed by atoms with Gasteiger partial charge in [0.1, 0.15) is 0 Å². The van der Waals surface area contributed by atoms with E-state index in [0.29, 0.717) is 5.75 Å². The van der Waals surface area contributed by atoms with Crippen molar-refractivity contribution in [2.75, 3.05) is 13.6 Å². The first kappa shape index (κ1) is 11.0. The van der Waals surface area contributed by atoms with Crippen molar-refractivity contribution < 1.29 is 9.53 Å². The molecule has 88 valence electrons. The van der Waals surface area contributed by atoms with Crippen LogP contribution in [0.2, 0.25) is 0 Å². The van der Waals surface area contributed by atoms with Gasteiger partial charge in [0.15, 0.2) is 11.9 Å². The van der Waals surface area contributed by atoms with Crippen LogP contribution in [0.5, 0.6) is 5.75 Å². The second-order valence-electron chi connectivity index (χ2n) is 4.09. The minimum atomic E-state index is -0.329. The van der Waals surface area contributed by atoms with Crippen LogP contribution < -0.4 is 4.74 Å². The molecule has 5 heteroatoms. The third-order valence-corrected chi connectivity index (χ3v) is 2.72. The molecule has 16 heavy (non-hydrogen) atoms. The molecule has 1 aliphatic heterocycles. The molecule has 1 amide bonds. The molecule has 0 saturated carbocycles. The number of nitrogens with zero attached hydrogens (tertiary/aromatic N) is 3. The second-order valence-corrected chi connectivity index (χ2v) is 4.09. The smallest absolute Gasteiger partial charge is 0.263 e. The van der Waals surface area contributed by atoms with Crippen molar-refractivity contribution in [1.29, 1.82) is 0 Å². The lowest BCUT2D eigenvalue weighted by atomic mass is 10.3. The van der Waals surface area contributed by atoms with E-state index >= 15 is 0 Å². The summed E-state index contributed by atoms with van der Waals surface area (Å²) in [5.74, 6) is 0.741. The Kier molecular flexibility index (Phi) is 3.12. The molecule has 1 unspecified atom stereocenters. The van der Waals surface area contributed by atoms with Gasteiger partial charge < -0.3 is 9.64 Å². The van der Waals surface area contributed by atoms with Gasteiger partial charge in [-0.05, 0) is 6.42 Å². The summed E-state index contributed by atoms with van der Waals surface area (Å²) in [5, 5.41) is 4.16. The molecule has 0 aromatic carbocycles. The van der Waals surface area contributed by atoms with Crippen LogP contribution in [0.1, 0.15) is 19.8 Å². The number of carbonyl (C=O) groups excluding carboxylic acids is 1. The van der Waals surface area contributed by atoms with Crippen LogP contribution in [0, 0.1) is 0 Å². The van der Waals surface area contributed by atoms with Gasteiger partial charge in [0.05, 0.1) is 12.4 Å². The molecule has 0 spiro atoms. The Labute approximate surface area is 95.0 Å². The van der Waals surface area contributed by atoms with E-state index in [-0.39, 0.29) is 12.0 Å². The molecule has 1 aromatic rings. The number of likely N-dealkylation sites (N-methyl/N-ethyl adjacent to an activating group) is 1. The molecule has 1 atom stereocenters. The van der Waals surface area contributed by atoms with Gasteiger partial charge in [0.2, 0.25) is 0 Å². The molecule has 1 saturated heterocycles. The maximum Gasteiger partial charge on any atom is 0.263 e. The summed E-state index contributed by atoms with van der Waals surface area (Å²) in [6.07, 6.45) is 4.97. The van der Waals surface area contributed by atoms with E-state index in [1.807, 2.05) is 10.9 Å². The molecule has 0 aliphatic carbocycles. The fourth-order valence-electron chi connectivity index (χ4n) is 1.82. The van der Waals surface area contributed by atoms with Crippen LogP contribution in [0.15, 0.2) is 12.4 Å². The number of aryl methyl sites for hydroxylation is 1. The maximum absolute atomic E-state index is 11.6. The van der Waals surface area contributed by atoms with Crippen molar-refractivity contribution in [2.24, 2.45) is 0 Å². The standard InChI is InChI=1S/C11H17N3O2/c1-3-5-14-8-9(7-12-14)16-10-4-6-13(2)11(10)15/h7-8,10H,3-6H2,1-2H3. The topological polar surface area (TPSA) is 47.4 Å². The lowest BCUT2D eigenvalue weighted by Gasteiger charge is -2.10. The van der Waals surface area contributed by atoms with Gasteiger partial charge in [-0.2, -0.15) is 5.10 Å². The Morgan fingerprint density at radius 1 is 1.62 bits per heavy atom. The minimum absolute atomic E-state index is 0.0586. The molecular formula is C11H17N3O2. The number of carbonyl (C=O) groups is 1. The highest BCUT2D eigenvalue weighted by molar-refractivity contribution is 5.83. The predicted molar refractivity (Wildman–Crippen MR) is 59.2 cm³/mol. The van der Waals surface area contributed by atoms with Crippen LogP contribution >= 0.6 is 0 Å². The lowest BCUT2D eigenvalue weighted by molar-refractivity contribution is -0.132. The molecule has 5 nitrogen and oxygen atoms in total. The highest BCUT2D eigenvalue weighted by atomic mass is 16.5. The minimum Gasteiger partial charge on any atom is -0.477 e. The van der Waals surface area contributed by atoms with Crippen LogP contribution in [-0.2, 0) is 11.3 Å². The Hall–Kier alpha value is -1.52. The summed E-state index contributed by atoms with van der Waals surface area (Å²) in [6.45, 7) is 3.74. The van der Waals surface area contributed by atoms with Gasteiger partial charge >= 0.3 is 0 Å². The van der Waals surface area contributed by atoms with Crippen molar-refractivity contribution in [3.05, 3.63) is 12.4 Å². The summed E-state index contributed by atoms with van der Waals surface area (Å²) >= 11 is 0. The van der Waals surface area contributed by atoms with Gasteiger partial charge in [-0.1, -0.05) is 6.92 Å². The molecule has 1 aromatic heterocycles. The quantitative estimate of drug-likeness (QED) is 0.762. The average Bonchev–Trinajstić information content (AvgIpc) is 2.82. The first-order chi connectivity index (χ1) is 7.70. The number of hydrogen-bond donors (Lipinski definition) is 0. The van der Waals surface area contributed by atoms with Gasteiger partial charge in [-0.25, -0.2) is 0 Å². The monoisotopic (exact) mass is 223 g/mol. The van der Waals surface area contributed by atoms with Crippen LogP contribution in [0.25, 0.3) is 0 Å². The number of ether oxygens (including phenoxy) is 1. The zero-order valence-electron chi connectivity index (χ0n) is 9.72. The van der Waals surface area contributed by atoms with Crippen molar-refractivity contribution in [3.63, 3.8) is 0 Å². The summed E-state index contributed by atoms with van der Waals surface area (Å²) in [5.41, 5.74) is 0. The first-order valence-corrected chi connectivity index (χ1v) is 5.65. The first-order valence-electron chi connectivity index (χ1n) is 5.65. The van der Waals surface area contributed by atoms with E-state index in [2.05, 4.69) is 12.0 Å². The Balaban J connectivity index is 1.96. The summed E-state index contributed by atoms with van der Waals surface area (Å²) in [7, 11) is 1.80. The van der Waals surface area contributed by atoms with E-state index < -0.39 is 0 Å². The number of amides is 1. The highest BCUT2D eigenvalue weighted by Gasteiger charge is 2.30. The van der Waals surface area contributed by atoms with Gasteiger partial charge in [0, 0.05) is 26.6 Å². The zero-order chi connectivity index (χ0) is 11.5. The van der Waals surface area contributed by atoms with Crippen LogP contribution in [0.4, 0.5) is 0 Å². The van der Waals surface area contributed by atoms with Gasteiger partial charge in [-0.15, -0.1) is 0 Å². The van der Waals surface area contributed by atoms with Crippen molar-refractivity contribution in [1.82, 2.24) is 14.7 Å². The molecule has 2 rings (SSSR count). The highest BCUT2D eigenvalue weighted by Crippen LogP contribution is 2.17. The zero-order valence-corrected chi connectivity index (χ0v) is 9.72. The number of rotatable bonds is 4. The van der Waals surface area contributed by atoms with Crippen LogP contribution in [0.3, 0.4) is 0 Å². The maximum atomic E-state index is 11.6. The third-order valence-electron chi connectivity index (χ3n) is 2.72. The number of hydrogen-bond acceptors (Lipinski definition) is 3. The average molecular weight is 223 g/mol. The van der Waals surface area contributed by atoms with Crippen molar-refractivity contribution in [2.45, 2.75) is 32.4 Å². The van der Waals surface area contributed by atoms with Crippen molar-refractivity contribution >= 4 is 5.91 Å². The molecule has 0 bridgehead atoms. The number of aromatic nitrogens is 2. The van der Waals surface area contributed by atoms with E-state index in [4.69, 9.17) is 4.74 Å². The third kappa shape index (κ3) is 2.18. The van der Waals surface area contributed by atoms with Gasteiger partial charge in [-0.3, -0.25) is 9.48 Å². The normalized spacial score (nSPS) is 20.5. The lowest BCUT2D eigenvalue weighted by Crippen LogP contribution is -2.29. The fourth-order valence-corrected chi connectivity index (χ4v) is 1.82. The Morgan fingerprint density at radius 2 is 2.44 bits per heavy atom. The molecule has 1 fully saturated rings. The van der Waals surface area contributed by atoms with E-state index in [0.717, 1.165) is 25.9 Å². The van der Waals surface area contributed by atoms with Crippen molar-refractivity contribution in [3.8, 4) is 5.75 Å². The van der Waals surface area contributed by atoms with E-state index in [9.17, 15) is 4.79 Å². The summed E-state index contributed by atoms with van der Waals surface area (Å²) in [6, 6.07) is 0. The molecular weight excluding hydrogens is 206 g/mol. The molecule has 0 radical (unpaired) electrons. The number of likely N-dealkylation sites (tertiary alicyclic amines) is 1. The predicted octanol–water partition coefficient (Wildman–Crippen LogP) is 0.903. The Morgan fingerprint density at radius 3 is 3.06 bits per heavy atom. The largest absolute Gasteiger partial charge is 0.477 e. The SMILES string of the molecule is CCCn1cc(OC2CCN(C)C2=O)cn1. The summed E-state index contributed by atoms with van der Waals surface area (Å²) in [4.78, 5) is 13.3. The summed E-state index contributed by atoms with van der Waals surface area (Å²) < 4.78 is 7.44. The van der Waals surface area contributed by atoms with Crippen LogP contribution in [-0.4, -0.2) is 40.3 Å². The Bertz CT molecular complexity index is 375. The van der Waals surface area contributed by atoms with Gasteiger partial charge in [0.25, 0.3) is 5.91 Å². The molecule has 2 heterocycles. The van der Waals surface area contributed by atoms with E-state index in [1.54, 1.807) is 18.1 Å². The second kappa shape index (κ2) is 4.55. The fraction of sp³-hybridized carbons (Fsp3) is 0.636.